The van der Waals surface area contributed by atoms with Crippen LogP contribution in [0.25, 0.3) is 0 Å². The molecule has 0 aliphatic carbocycles. The van der Waals surface area contributed by atoms with Gasteiger partial charge in [-0.05, 0) is 6.92 Å². The fraction of sp³-hybridized carbons (Fsp3) is 0.250. The fourth-order valence-corrected chi connectivity index (χ4v) is 1.56. The molecule has 4 nitrogen and oxygen atoms in total. The maximum absolute atomic E-state index is 4.15. The lowest BCUT2D eigenvalue weighted by Gasteiger charge is -1.97. The first kappa shape index (κ1) is 8.25. The van der Waals surface area contributed by atoms with Gasteiger partial charge in [-0.2, -0.15) is 0 Å². The van der Waals surface area contributed by atoms with Gasteiger partial charge in [0.2, 0.25) is 5.95 Å². The summed E-state index contributed by atoms with van der Waals surface area (Å²) in [6, 6.07) is 0. The summed E-state index contributed by atoms with van der Waals surface area (Å²) in [5, 5.41) is 6.18. The Kier molecular flexibility index (Phi) is 2.27. The fourth-order valence-electron chi connectivity index (χ4n) is 1.00. The van der Waals surface area contributed by atoms with E-state index in [1.54, 1.807) is 23.7 Å². The molecule has 68 valence electrons. The summed E-state index contributed by atoms with van der Waals surface area (Å²) in [5.74, 6) is 0.799. The molecule has 0 radical (unpaired) electrons. The van der Waals surface area contributed by atoms with Crippen LogP contribution in [0.5, 0.6) is 0 Å². The molecule has 0 aliphatic heterocycles. The Hall–Kier alpha value is -1.36. The summed E-state index contributed by atoms with van der Waals surface area (Å²) in [7, 11) is 0. The van der Waals surface area contributed by atoms with Gasteiger partial charge in [0.25, 0.3) is 0 Å². The van der Waals surface area contributed by atoms with Gasteiger partial charge in [0.05, 0.1) is 6.54 Å². The minimum absolute atomic E-state index is 0.727. The van der Waals surface area contributed by atoms with Crippen molar-refractivity contribution in [2.24, 2.45) is 0 Å². The van der Waals surface area contributed by atoms with E-state index in [4.69, 9.17) is 0 Å². The summed E-state index contributed by atoms with van der Waals surface area (Å²) in [6.07, 6.45) is 3.60. The maximum Gasteiger partial charge on any atom is 0.200 e. The summed E-state index contributed by atoms with van der Waals surface area (Å²) >= 11 is 1.63. The van der Waals surface area contributed by atoms with E-state index in [2.05, 4.69) is 20.3 Å². The monoisotopic (exact) mass is 194 g/mol. The number of anilines is 1. The van der Waals surface area contributed by atoms with Crippen LogP contribution < -0.4 is 5.32 Å². The first-order valence-electron chi connectivity index (χ1n) is 3.98. The molecule has 0 amide bonds. The largest absolute Gasteiger partial charge is 0.349 e. The normalized spacial score (nSPS) is 10.2. The van der Waals surface area contributed by atoms with E-state index in [1.807, 2.05) is 12.3 Å². The van der Waals surface area contributed by atoms with E-state index in [9.17, 15) is 0 Å². The lowest BCUT2D eigenvalue weighted by molar-refractivity contribution is 1.06. The van der Waals surface area contributed by atoms with Crippen molar-refractivity contribution in [3.63, 3.8) is 0 Å². The second-order valence-electron chi connectivity index (χ2n) is 2.69. The maximum atomic E-state index is 4.15. The Balaban J connectivity index is 1.93. The standard InChI is InChI=1S/C8H10N4S/c1-6-4-10-8(12-6)11-5-7-9-2-3-13-7/h2-4H,5H2,1H3,(H2,10,11,12). The zero-order valence-corrected chi connectivity index (χ0v) is 8.06. The van der Waals surface area contributed by atoms with Crippen molar-refractivity contribution >= 4 is 17.3 Å². The molecule has 2 rings (SSSR count). The molecule has 2 N–H and O–H groups in total. The van der Waals surface area contributed by atoms with Gasteiger partial charge in [-0.15, -0.1) is 11.3 Å². The number of rotatable bonds is 3. The molecule has 0 saturated heterocycles. The van der Waals surface area contributed by atoms with Gasteiger partial charge in [0.15, 0.2) is 0 Å². The van der Waals surface area contributed by atoms with Crippen LogP contribution in [0.4, 0.5) is 5.95 Å². The molecule has 0 atom stereocenters. The van der Waals surface area contributed by atoms with Crippen molar-refractivity contribution < 1.29 is 0 Å². The van der Waals surface area contributed by atoms with E-state index < -0.39 is 0 Å². The van der Waals surface area contributed by atoms with Crippen LogP contribution in [0.3, 0.4) is 0 Å². The predicted molar refractivity (Wildman–Crippen MR) is 52.8 cm³/mol. The molecule has 2 aromatic rings. The molecule has 13 heavy (non-hydrogen) atoms. The van der Waals surface area contributed by atoms with Gasteiger partial charge in [0, 0.05) is 23.5 Å². The van der Waals surface area contributed by atoms with Gasteiger partial charge in [-0.25, -0.2) is 9.97 Å². The Morgan fingerprint density at radius 2 is 2.46 bits per heavy atom. The molecule has 2 heterocycles. The first-order valence-corrected chi connectivity index (χ1v) is 4.86. The topological polar surface area (TPSA) is 53.6 Å². The molecule has 0 unspecified atom stereocenters. The second kappa shape index (κ2) is 3.57. The van der Waals surface area contributed by atoms with Crippen LogP contribution >= 0.6 is 11.3 Å². The van der Waals surface area contributed by atoms with E-state index in [0.29, 0.717) is 0 Å². The highest BCUT2D eigenvalue weighted by Crippen LogP contribution is 2.07. The third-order valence-electron chi connectivity index (χ3n) is 1.59. The van der Waals surface area contributed by atoms with E-state index in [1.165, 1.54) is 0 Å². The van der Waals surface area contributed by atoms with Gasteiger partial charge in [-0.1, -0.05) is 0 Å². The molecule has 0 bridgehead atoms. The number of imidazole rings is 1. The van der Waals surface area contributed by atoms with Crippen LogP contribution in [0.2, 0.25) is 0 Å². The highest BCUT2D eigenvalue weighted by Gasteiger charge is 1.97. The molecule has 0 aliphatic rings. The number of aryl methyl sites for hydroxylation is 1. The van der Waals surface area contributed by atoms with Crippen LogP contribution in [-0.2, 0) is 6.54 Å². The van der Waals surface area contributed by atoms with E-state index in [0.717, 1.165) is 23.2 Å². The van der Waals surface area contributed by atoms with Gasteiger partial charge >= 0.3 is 0 Å². The number of aromatic nitrogens is 3. The summed E-state index contributed by atoms with van der Waals surface area (Å²) in [4.78, 5) is 11.4. The van der Waals surface area contributed by atoms with Gasteiger partial charge in [0.1, 0.15) is 5.01 Å². The second-order valence-corrected chi connectivity index (χ2v) is 3.67. The van der Waals surface area contributed by atoms with Crippen molar-refractivity contribution in [1.82, 2.24) is 15.0 Å². The highest BCUT2D eigenvalue weighted by atomic mass is 32.1. The molecular weight excluding hydrogens is 184 g/mol. The Labute approximate surface area is 80.1 Å². The molecule has 5 heteroatoms. The van der Waals surface area contributed by atoms with Crippen LogP contribution in [0.15, 0.2) is 17.8 Å². The minimum atomic E-state index is 0.727. The van der Waals surface area contributed by atoms with Crippen LogP contribution in [-0.4, -0.2) is 15.0 Å². The minimum Gasteiger partial charge on any atom is -0.349 e. The quantitative estimate of drug-likeness (QED) is 0.783. The van der Waals surface area contributed by atoms with Crippen molar-refractivity contribution in [3.8, 4) is 0 Å². The average Bonchev–Trinajstić information content (AvgIpc) is 2.71. The molecule has 0 saturated carbocycles. The SMILES string of the molecule is Cc1cnc(NCc2nccs2)[nH]1. The average molecular weight is 194 g/mol. The number of hydrogen-bond acceptors (Lipinski definition) is 4. The molecule has 2 aromatic heterocycles. The summed E-state index contributed by atoms with van der Waals surface area (Å²) < 4.78 is 0. The number of thiazole rings is 1. The molecule has 0 aromatic carbocycles. The number of hydrogen-bond donors (Lipinski definition) is 2. The first-order chi connectivity index (χ1) is 6.34. The Morgan fingerprint density at radius 3 is 3.08 bits per heavy atom. The van der Waals surface area contributed by atoms with Crippen molar-refractivity contribution in [2.75, 3.05) is 5.32 Å². The van der Waals surface area contributed by atoms with Crippen molar-refractivity contribution in [2.45, 2.75) is 13.5 Å². The molecule has 0 spiro atoms. The smallest absolute Gasteiger partial charge is 0.200 e. The zero-order chi connectivity index (χ0) is 9.10. The lowest BCUT2D eigenvalue weighted by atomic mass is 10.6. The summed E-state index contributed by atoms with van der Waals surface area (Å²) in [6.45, 7) is 2.70. The van der Waals surface area contributed by atoms with Crippen molar-refractivity contribution in [3.05, 3.63) is 28.5 Å². The Morgan fingerprint density at radius 1 is 1.54 bits per heavy atom. The predicted octanol–water partition coefficient (Wildman–Crippen LogP) is 1.79. The number of nitrogens with zero attached hydrogens (tertiary/aromatic N) is 2. The number of aromatic amines is 1. The van der Waals surface area contributed by atoms with Gasteiger partial charge < -0.3 is 10.3 Å². The Bertz CT molecular complexity index is 365. The number of H-pyrrole nitrogens is 1. The van der Waals surface area contributed by atoms with Crippen molar-refractivity contribution in [1.29, 1.82) is 0 Å². The van der Waals surface area contributed by atoms with Crippen LogP contribution in [0.1, 0.15) is 10.7 Å². The third-order valence-corrected chi connectivity index (χ3v) is 2.37. The zero-order valence-electron chi connectivity index (χ0n) is 7.24. The van der Waals surface area contributed by atoms with E-state index in [-0.39, 0.29) is 0 Å². The number of nitrogens with one attached hydrogen (secondary N) is 2. The van der Waals surface area contributed by atoms with Crippen LogP contribution in [0, 0.1) is 6.92 Å². The highest BCUT2D eigenvalue weighted by molar-refractivity contribution is 7.09. The third kappa shape index (κ3) is 2.06. The van der Waals surface area contributed by atoms with Gasteiger partial charge in [-0.3, -0.25) is 0 Å². The van der Waals surface area contributed by atoms with E-state index >= 15 is 0 Å². The summed E-state index contributed by atoms with van der Waals surface area (Å²) in [5.41, 5.74) is 1.06. The molecule has 0 fully saturated rings. The lowest BCUT2D eigenvalue weighted by Crippen LogP contribution is -1.99. The molecular formula is C8H10N4S.